The van der Waals surface area contributed by atoms with Gasteiger partial charge >= 0.3 is 5.03 Å². The van der Waals surface area contributed by atoms with Crippen LogP contribution >= 0.6 is 0 Å². The third kappa shape index (κ3) is 0.739. The molecule has 0 aromatic carbocycles. The van der Waals surface area contributed by atoms with Gasteiger partial charge in [0.2, 0.25) is 15.5 Å². The quantitative estimate of drug-likeness (QED) is 0.455. The van der Waals surface area contributed by atoms with E-state index < -0.39 is 9.84 Å². The van der Waals surface area contributed by atoms with E-state index in [9.17, 15) is 13.6 Å². The molecule has 1 aromatic rings. The maximum absolute atomic E-state index is 11.0. The lowest BCUT2D eigenvalue weighted by molar-refractivity contribution is -0.807. The van der Waals surface area contributed by atoms with E-state index in [1.807, 2.05) is 0 Å². The van der Waals surface area contributed by atoms with Gasteiger partial charge in [-0.15, -0.1) is 0 Å². The Morgan fingerprint density at radius 2 is 2.36 bits per heavy atom. The molecule has 60 valence electrons. The summed E-state index contributed by atoms with van der Waals surface area (Å²) in [6.07, 6.45) is 0.199. The number of sulfone groups is 1. The average Bonchev–Trinajstić information content (AvgIpc) is 2.39. The first kappa shape index (κ1) is 6.59. The van der Waals surface area contributed by atoms with Crippen LogP contribution in [-0.4, -0.2) is 19.3 Å². The predicted molar refractivity (Wildman–Crippen MR) is 31.2 cm³/mol. The summed E-state index contributed by atoms with van der Waals surface area (Å²) in [5.41, 5.74) is 0.116. The van der Waals surface area contributed by atoms with Crippen molar-refractivity contribution in [3.8, 4) is 0 Å². The Kier molecular flexibility index (Phi) is 1.04. The number of rotatable bonds is 0. The number of aromatic nitrogens is 2. The summed E-state index contributed by atoms with van der Waals surface area (Å²) in [7, 11) is -3.31. The molecule has 0 atom stereocenters. The SMILES string of the molecule is O=S1(=O)CCc2c1no[n+]2[O-]. The molecule has 0 N–H and O–H groups in total. The van der Waals surface area contributed by atoms with Crippen molar-refractivity contribution in [2.24, 2.45) is 0 Å². The maximum Gasteiger partial charge on any atom is 0.334 e. The zero-order chi connectivity index (χ0) is 8.06. The lowest BCUT2D eigenvalue weighted by Crippen LogP contribution is -2.27. The average molecular weight is 176 g/mol. The molecule has 0 amide bonds. The second-order valence-corrected chi connectivity index (χ2v) is 4.28. The van der Waals surface area contributed by atoms with Crippen LogP contribution in [0.2, 0.25) is 0 Å². The second-order valence-electron chi connectivity index (χ2n) is 2.25. The lowest BCUT2D eigenvalue weighted by atomic mass is 10.4. The standard InChI is InChI=1S/C4H4N2O4S/c7-6-3-1-2-11(8,9)4(3)5-10-6/h1-2H2. The molecular weight excluding hydrogens is 172 g/mol. The van der Waals surface area contributed by atoms with Crippen LogP contribution in [0.3, 0.4) is 0 Å². The van der Waals surface area contributed by atoms with Gasteiger partial charge in [0.15, 0.2) is 0 Å². The minimum Gasteiger partial charge on any atom is -0.359 e. The van der Waals surface area contributed by atoms with Gasteiger partial charge in [-0.05, 0) is 4.90 Å². The molecule has 11 heavy (non-hydrogen) atoms. The summed E-state index contributed by atoms with van der Waals surface area (Å²) in [4.78, 5) is 0.139. The van der Waals surface area contributed by atoms with Crippen LogP contribution in [0.1, 0.15) is 5.69 Å². The minimum absolute atomic E-state index is 0.0384. The van der Waals surface area contributed by atoms with Crippen molar-refractivity contribution in [1.82, 2.24) is 5.16 Å². The molecule has 0 radical (unpaired) electrons. The summed E-state index contributed by atoms with van der Waals surface area (Å²) >= 11 is 0. The smallest absolute Gasteiger partial charge is 0.334 e. The molecule has 0 aliphatic carbocycles. The van der Waals surface area contributed by atoms with E-state index in [0.717, 1.165) is 0 Å². The topological polar surface area (TPSA) is 87.1 Å². The highest BCUT2D eigenvalue weighted by Gasteiger charge is 2.38. The van der Waals surface area contributed by atoms with Crippen LogP contribution in [0.5, 0.6) is 0 Å². The molecule has 0 bridgehead atoms. The molecule has 1 aliphatic rings. The summed E-state index contributed by atoms with van der Waals surface area (Å²) in [5.74, 6) is -0.0384. The number of hydrogen-bond donors (Lipinski definition) is 0. The Morgan fingerprint density at radius 1 is 1.64 bits per heavy atom. The minimum atomic E-state index is -3.31. The number of fused-ring (bicyclic) bond motifs is 1. The van der Waals surface area contributed by atoms with Crippen LogP contribution < -0.4 is 4.90 Å². The molecule has 7 heteroatoms. The van der Waals surface area contributed by atoms with E-state index in [-0.39, 0.29) is 27.8 Å². The van der Waals surface area contributed by atoms with Crippen LogP contribution in [0.4, 0.5) is 0 Å². The van der Waals surface area contributed by atoms with Gasteiger partial charge in [0.05, 0.1) is 10.9 Å². The van der Waals surface area contributed by atoms with Crippen molar-refractivity contribution in [2.45, 2.75) is 11.4 Å². The Hall–Kier alpha value is -1.11. The highest BCUT2D eigenvalue weighted by molar-refractivity contribution is 7.91. The van der Waals surface area contributed by atoms with Crippen LogP contribution in [0, 0.1) is 5.21 Å². The zero-order valence-corrected chi connectivity index (χ0v) is 6.17. The van der Waals surface area contributed by atoms with E-state index in [1.165, 1.54) is 0 Å². The molecule has 2 heterocycles. The zero-order valence-electron chi connectivity index (χ0n) is 5.35. The number of nitrogens with zero attached hydrogens (tertiary/aromatic N) is 2. The van der Waals surface area contributed by atoms with Crippen LogP contribution in [-0.2, 0) is 16.3 Å². The van der Waals surface area contributed by atoms with E-state index in [1.54, 1.807) is 0 Å². The van der Waals surface area contributed by atoms with E-state index in [4.69, 9.17) is 0 Å². The summed E-state index contributed by atoms with van der Waals surface area (Å²) in [6.45, 7) is 0. The molecule has 1 aliphatic heterocycles. The van der Waals surface area contributed by atoms with Crippen molar-refractivity contribution in [3.05, 3.63) is 10.9 Å². The van der Waals surface area contributed by atoms with Crippen molar-refractivity contribution < 1.29 is 17.9 Å². The first-order valence-corrected chi connectivity index (χ1v) is 4.58. The van der Waals surface area contributed by atoms with E-state index in [0.29, 0.717) is 0 Å². The highest BCUT2D eigenvalue weighted by atomic mass is 32.2. The molecule has 0 unspecified atom stereocenters. The molecule has 0 saturated heterocycles. The number of hydrogen-bond acceptors (Lipinski definition) is 5. The Morgan fingerprint density at radius 3 is 3.00 bits per heavy atom. The van der Waals surface area contributed by atoms with Gasteiger partial charge in [0.25, 0.3) is 0 Å². The largest absolute Gasteiger partial charge is 0.359 e. The fraction of sp³-hybridized carbons (Fsp3) is 0.500. The van der Waals surface area contributed by atoms with Crippen molar-refractivity contribution >= 4 is 9.84 Å². The third-order valence-electron chi connectivity index (χ3n) is 1.57. The van der Waals surface area contributed by atoms with Gasteiger partial charge in [-0.2, -0.15) is 0 Å². The van der Waals surface area contributed by atoms with Gasteiger partial charge in [0.1, 0.15) is 0 Å². The molecule has 0 spiro atoms. The molecule has 0 saturated carbocycles. The normalized spacial score (nSPS) is 20.0. The monoisotopic (exact) mass is 176 g/mol. The molecule has 0 fully saturated rings. The molecule has 2 rings (SSSR count). The summed E-state index contributed by atoms with van der Waals surface area (Å²) in [6, 6.07) is 0. The fourth-order valence-electron chi connectivity index (χ4n) is 1.02. The Labute approximate surface area is 61.9 Å². The lowest BCUT2D eigenvalue weighted by Gasteiger charge is -1.85. The fourth-order valence-corrected chi connectivity index (χ4v) is 2.35. The van der Waals surface area contributed by atoms with E-state index >= 15 is 0 Å². The van der Waals surface area contributed by atoms with Gasteiger partial charge in [-0.3, -0.25) is 4.63 Å². The van der Waals surface area contributed by atoms with Gasteiger partial charge in [-0.25, -0.2) is 8.42 Å². The van der Waals surface area contributed by atoms with Crippen molar-refractivity contribution in [1.29, 1.82) is 0 Å². The first-order chi connectivity index (χ1) is 5.11. The Balaban J connectivity index is 2.75. The van der Waals surface area contributed by atoms with Crippen LogP contribution in [0.25, 0.3) is 0 Å². The Bertz CT molecular complexity index is 392. The van der Waals surface area contributed by atoms with E-state index in [2.05, 4.69) is 9.79 Å². The first-order valence-electron chi connectivity index (χ1n) is 2.92. The third-order valence-corrected chi connectivity index (χ3v) is 3.21. The maximum atomic E-state index is 11.0. The van der Waals surface area contributed by atoms with Crippen molar-refractivity contribution in [3.63, 3.8) is 0 Å². The second kappa shape index (κ2) is 1.73. The van der Waals surface area contributed by atoms with Crippen LogP contribution in [0.15, 0.2) is 9.65 Å². The molecule has 1 aromatic heterocycles. The molecule has 6 nitrogen and oxygen atoms in total. The van der Waals surface area contributed by atoms with Gasteiger partial charge < -0.3 is 5.21 Å². The van der Waals surface area contributed by atoms with Crippen molar-refractivity contribution in [2.75, 3.05) is 5.75 Å². The molecular formula is C4H4N2O4S. The predicted octanol–water partition coefficient (Wildman–Crippen LogP) is -1.36. The summed E-state index contributed by atoms with van der Waals surface area (Å²) in [5, 5.41) is 13.6. The van der Waals surface area contributed by atoms with Gasteiger partial charge in [0, 0.05) is 6.42 Å². The highest BCUT2D eigenvalue weighted by Crippen LogP contribution is 2.19. The van der Waals surface area contributed by atoms with Gasteiger partial charge in [-0.1, -0.05) is 0 Å². The summed E-state index contributed by atoms with van der Waals surface area (Å²) < 4.78 is 26.1.